The van der Waals surface area contributed by atoms with Gasteiger partial charge < -0.3 is 15.8 Å². The smallest absolute Gasteiger partial charge is 0.260 e. The summed E-state index contributed by atoms with van der Waals surface area (Å²) in [6.07, 6.45) is 1.16. The Morgan fingerprint density at radius 1 is 1.45 bits per heavy atom. The maximum absolute atomic E-state index is 11.8. The summed E-state index contributed by atoms with van der Waals surface area (Å²) in [5, 5.41) is 2.82. The van der Waals surface area contributed by atoms with Gasteiger partial charge in [-0.3, -0.25) is 4.79 Å². The van der Waals surface area contributed by atoms with Crippen molar-refractivity contribution in [2.75, 3.05) is 6.54 Å². The molecule has 0 aliphatic rings. The zero-order valence-corrected chi connectivity index (χ0v) is 13.9. The maximum Gasteiger partial charge on any atom is 0.260 e. The Hall–Kier alpha value is -1.07. The second kappa shape index (κ2) is 8.27. The first kappa shape index (κ1) is 17.0. The molecule has 0 fully saturated rings. The van der Waals surface area contributed by atoms with Crippen LogP contribution in [0.4, 0.5) is 0 Å². The zero-order chi connectivity index (χ0) is 15.1. The van der Waals surface area contributed by atoms with Crippen molar-refractivity contribution in [2.45, 2.75) is 45.8 Å². The molecule has 0 aliphatic heterocycles. The van der Waals surface area contributed by atoms with Gasteiger partial charge in [0.1, 0.15) is 5.75 Å². The number of hydrogen-bond donors (Lipinski definition) is 2. The van der Waals surface area contributed by atoms with Gasteiger partial charge in [0.25, 0.3) is 5.91 Å². The fourth-order valence-corrected chi connectivity index (χ4v) is 2.19. The third-order valence-corrected chi connectivity index (χ3v) is 3.56. The number of ether oxygens (including phenoxy) is 1. The van der Waals surface area contributed by atoms with E-state index in [4.69, 9.17) is 10.5 Å². The van der Waals surface area contributed by atoms with E-state index >= 15 is 0 Å². The molecule has 0 aliphatic carbocycles. The van der Waals surface area contributed by atoms with Gasteiger partial charge in [-0.15, -0.1) is 0 Å². The van der Waals surface area contributed by atoms with E-state index in [1.54, 1.807) is 6.92 Å². The van der Waals surface area contributed by atoms with Crippen LogP contribution in [0.5, 0.6) is 5.75 Å². The lowest BCUT2D eigenvalue weighted by molar-refractivity contribution is -0.127. The summed E-state index contributed by atoms with van der Waals surface area (Å²) in [5.41, 5.74) is 6.90. The van der Waals surface area contributed by atoms with E-state index < -0.39 is 6.10 Å². The predicted octanol–water partition coefficient (Wildman–Crippen LogP) is 2.63. The molecule has 1 rings (SSSR count). The summed E-state index contributed by atoms with van der Waals surface area (Å²) < 4.78 is 6.68. The van der Waals surface area contributed by atoms with Crippen molar-refractivity contribution < 1.29 is 9.53 Å². The van der Waals surface area contributed by atoms with Crippen molar-refractivity contribution in [3.8, 4) is 5.75 Å². The molecule has 1 amide bonds. The first-order chi connectivity index (χ1) is 9.43. The summed E-state index contributed by atoms with van der Waals surface area (Å²) in [7, 11) is 0. The Kier molecular flexibility index (Phi) is 7.02. The Balaban J connectivity index is 2.70. The molecule has 0 heterocycles. The summed E-state index contributed by atoms with van der Waals surface area (Å²) in [5.74, 6) is 0.589. The molecule has 3 N–H and O–H groups in total. The van der Waals surface area contributed by atoms with E-state index in [1.807, 2.05) is 32.0 Å². The van der Waals surface area contributed by atoms with Crippen LogP contribution in [-0.4, -0.2) is 24.6 Å². The third-order valence-electron chi connectivity index (χ3n) is 2.79. The fraction of sp³-hybridized carbons (Fsp3) is 0.533. The van der Waals surface area contributed by atoms with Crippen molar-refractivity contribution in [1.82, 2.24) is 5.32 Å². The summed E-state index contributed by atoms with van der Waals surface area (Å²) >= 11 is 3.50. The number of carbonyl (C=O) groups is 1. The average Bonchev–Trinajstić information content (AvgIpc) is 2.39. The van der Waals surface area contributed by atoms with Crippen LogP contribution < -0.4 is 15.8 Å². The van der Waals surface area contributed by atoms with Crippen LogP contribution in [0.1, 0.15) is 32.8 Å². The minimum Gasteiger partial charge on any atom is -0.481 e. The largest absolute Gasteiger partial charge is 0.481 e. The standard InChI is InChI=1S/C15H23BrN2O2/c1-4-7-18-15(19)11(3)20-13-5-6-14(16)12(9-13)8-10(2)17/h5-6,9-11H,4,7-8,17H2,1-3H3,(H,18,19). The summed E-state index contributed by atoms with van der Waals surface area (Å²) in [6, 6.07) is 5.77. The lowest BCUT2D eigenvalue weighted by atomic mass is 10.1. The van der Waals surface area contributed by atoms with E-state index in [9.17, 15) is 4.79 Å². The summed E-state index contributed by atoms with van der Waals surface area (Å²) in [4.78, 5) is 11.8. The van der Waals surface area contributed by atoms with Crippen LogP contribution in [0, 0.1) is 0 Å². The molecule has 2 atom stereocenters. The van der Waals surface area contributed by atoms with E-state index in [0.29, 0.717) is 12.3 Å². The van der Waals surface area contributed by atoms with Crippen LogP contribution >= 0.6 is 15.9 Å². The highest BCUT2D eigenvalue weighted by atomic mass is 79.9. The number of halogens is 1. The average molecular weight is 343 g/mol. The molecule has 0 radical (unpaired) electrons. The number of nitrogens with one attached hydrogen (secondary N) is 1. The first-order valence-electron chi connectivity index (χ1n) is 6.92. The monoisotopic (exact) mass is 342 g/mol. The second-order valence-electron chi connectivity index (χ2n) is 4.99. The lowest BCUT2D eigenvalue weighted by Gasteiger charge is -2.16. The van der Waals surface area contributed by atoms with Crippen molar-refractivity contribution in [1.29, 1.82) is 0 Å². The number of benzene rings is 1. The zero-order valence-electron chi connectivity index (χ0n) is 12.3. The Morgan fingerprint density at radius 3 is 2.75 bits per heavy atom. The Labute approximate surface area is 129 Å². The molecule has 112 valence electrons. The van der Waals surface area contributed by atoms with Crippen LogP contribution in [0.25, 0.3) is 0 Å². The lowest BCUT2D eigenvalue weighted by Crippen LogP contribution is -2.36. The molecule has 2 unspecified atom stereocenters. The van der Waals surface area contributed by atoms with Gasteiger partial charge in [0.2, 0.25) is 0 Å². The molecule has 0 spiro atoms. The molecule has 1 aromatic rings. The van der Waals surface area contributed by atoms with Crippen molar-refractivity contribution in [3.05, 3.63) is 28.2 Å². The highest BCUT2D eigenvalue weighted by molar-refractivity contribution is 9.10. The number of hydrogen-bond acceptors (Lipinski definition) is 3. The molecular weight excluding hydrogens is 320 g/mol. The van der Waals surface area contributed by atoms with Gasteiger partial charge in [0.05, 0.1) is 0 Å². The van der Waals surface area contributed by atoms with Crippen LogP contribution in [0.3, 0.4) is 0 Å². The van der Waals surface area contributed by atoms with Gasteiger partial charge in [0, 0.05) is 17.1 Å². The highest BCUT2D eigenvalue weighted by Gasteiger charge is 2.14. The topological polar surface area (TPSA) is 64.3 Å². The van der Waals surface area contributed by atoms with Crippen molar-refractivity contribution in [3.63, 3.8) is 0 Å². The molecule has 0 bridgehead atoms. The van der Waals surface area contributed by atoms with E-state index in [1.165, 1.54) is 0 Å². The van der Waals surface area contributed by atoms with Gasteiger partial charge in [-0.1, -0.05) is 22.9 Å². The molecule has 20 heavy (non-hydrogen) atoms. The maximum atomic E-state index is 11.8. The van der Waals surface area contributed by atoms with Gasteiger partial charge in [-0.05, 0) is 50.5 Å². The Bertz CT molecular complexity index is 449. The minimum atomic E-state index is -0.508. The van der Waals surface area contributed by atoms with E-state index in [0.717, 1.165) is 22.9 Å². The number of carbonyl (C=O) groups excluding carboxylic acids is 1. The number of nitrogens with two attached hydrogens (primary N) is 1. The molecular formula is C15H23BrN2O2. The van der Waals surface area contributed by atoms with Crippen LogP contribution in [0.2, 0.25) is 0 Å². The number of rotatable bonds is 7. The second-order valence-corrected chi connectivity index (χ2v) is 5.84. The molecule has 0 saturated carbocycles. The highest BCUT2D eigenvalue weighted by Crippen LogP contribution is 2.24. The molecule has 5 heteroatoms. The van der Waals surface area contributed by atoms with Crippen LogP contribution in [-0.2, 0) is 11.2 Å². The first-order valence-corrected chi connectivity index (χ1v) is 7.71. The number of amides is 1. The Morgan fingerprint density at radius 2 is 2.15 bits per heavy atom. The van der Waals surface area contributed by atoms with Gasteiger partial charge in [0.15, 0.2) is 6.10 Å². The van der Waals surface area contributed by atoms with Crippen molar-refractivity contribution in [2.24, 2.45) is 5.73 Å². The van der Waals surface area contributed by atoms with Crippen LogP contribution in [0.15, 0.2) is 22.7 Å². The van der Waals surface area contributed by atoms with Crippen molar-refractivity contribution >= 4 is 21.8 Å². The quantitative estimate of drug-likeness (QED) is 0.800. The summed E-state index contributed by atoms with van der Waals surface area (Å²) in [6.45, 7) is 6.39. The van der Waals surface area contributed by atoms with Gasteiger partial charge in [-0.25, -0.2) is 0 Å². The van der Waals surface area contributed by atoms with E-state index in [-0.39, 0.29) is 11.9 Å². The minimum absolute atomic E-state index is 0.0758. The normalized spacial score (nSPS) is 13.7. The molecule has 0 aromatic heterocycles. The van der Waals surface area contributed by atoms with Gasteiger partial charge >= 0.3 is 0 Å². The predicted molar refractivity (Wildman–Crippen MR) is 84.9 cm³/mol. The molecule has 1 aromatic carbocycles. The fourth-order valence-electron chi connectivity index (χ4n) is 1.78. The third kappa shape index (κ3) is 5.51. The van der Waals surface area contributed by atoms with Gasteiger partial charge in [-0.2, -0.15) is 0 Å². The SMILES string of the molecule is CCCNC(=O)C(C)Oc1ccc(Br)c(CC(C)N)c1. The van der Waals surface area contributed by atoms with E-state index in [2.05, 4.69) is 21.2 Å². The molecule has 0 saturated heterocycles. The molecule has 4 nitrogen and oxygen atoms in total.